The number of fused-ring (bicyclic) bond motifs is 1. The Morgan fingerprint density at radius 2 is 1.91 bits per heavy atom. The van der Waals surface area contributed by atoms with E-state index in [9.17, 15) is 14.0 Å². The summed E-state index contributed by atoms with van der Waals surface area (Å²) in [5.74, 6) is -0.0472. The summed E-state index contributed by atoms with van der Waals surface area (Å²) in [6, 6.07) is 8.71. The van der Waals surface area contributed by atoms with Gasteiger partial charge >= 0.3 is 0 Å². The van der Waals surface area contributed by atoms with Crippen LogP contribution in [0.4, 0.5) is 4.39 Å². The molecular weight excluding hydrogens is 303 g/mol. The van der Waals surface area contributed by atoms with Gasteiger partial charge in [0.15, 0.2) is 29.7 Å². The minimum Gasteiger partial charge on any atom is -0.485 e. The first-order chi connectivity index (χ1) is 11.0. The van der Waals surface area contributed by atoms with Gasteiger partial charge in [-0.15, -0.1) is 0 Å². The minimum atomic E-state index is -0.675. The predicted molar refractivity (Wildman–Crippen MR) is 78.8 cm³/mol. The smallest absolute Gasteiger partial charge is 0.231 e. The molecule has 1 aliphatic rings. The van der Waals surface area contributed by atoms with Gasteiger partial charge in [0.05, 0.1) is 5.56 Å². The van der Waals surface area contributed by atoms with Gasteiger partial charge in [0.2, 0.25) is 6.79 Å². The highest BCUT2D eigenvalue weighted by atomic mass is 19.1. The Balaban J connectivity index is 1.67. The number of carbonyl (C=O) groups excluding carboxylic acids is 2. The topological polar surface area (TPSA) is 61.8 Å². The molecule has 0 aromatic heterocycles. The van der Waals surface area contributed by atoms with Crippen LogP contribution in [0, 0.1) is 5.82 Å². The van der Waals surface area contributed by atoms with Crippen LogP contribution < -0.4 is 14.2 Å². The van der Waals surface area contributed by atoms with Gasteiger partial charge in [-0.05, 0) is 37.3 Å². The van der Waals surface area contributed by atoms with E-state index in [1.165, 1.54) is 19.1 Å². The highest BCUT2D eigenvalue weighted by Gasteiger charge is 2.17. The van der Waals surface area contributed by atoms with Crippen LogP contribution in [0.25, 0.3) is 0 Å². The summed E-state index contributed by atoms with van der Waals surface area (Å²) in [6.07, 6.45) is 0. The van der Waals surface area contributed by atoms with Crippen LogP contribution in [0.1, 0.15) is 27.6 Å². The van der Waals surface area contributed by atoms with Gasteiger partial charge in [0.25, 0.3) is 0 Å². The van der Waals surface area contributed by atoms with E-state index in [1.807, 2.05) is 0 Å². The van der Waals surface area contributed by atoms with Crippen LogP contribution in [0.3, 0.4) is 0 Å². The molecule has 2 aromatic rings. The summed E-state index contributed by atoms with van der Waals surface area (Å²) in [4.78, 5) is 23.3. The number of carbonyl (C=O) groups is 2. The Morgan fingerprint density at radius 1 is 1.13 bits per heavy atom. The summed E-state index contributed by atoms with van der Waals surface area (Å²) in [5.41, 5.74) is 0.398. The molecular formula is C17H13FO5. The lowest BCUT2D eigenvalue weighted by molar-refractivity contribution is 0.0919. The number of ketones is 2. The molecule has 0 atom stereocenters. The van der Waals surface area contributed by atoms with Crippen molar-refractivity contribution in [1.82, 2.24) is 0 Å². The van der Waals surface area contributed by atoms with E-state index < -0.39 is 5.82 Å². The molecule has 0 radical (unpaired) electrons. The van der Waals surface area contributed by atoms with Crippen LogP contribution >= 0.6 is 0 Å². The SMILES string of the molecule is CC(=O)c1ccc(OCC(=O)c2ccc3c(c2)OCO3)cc1F. The average Bonchev–Trinajstić information content (AvgIpc) is 2.99. The molecule has 2 aromatic carbocycles. The van der Waals surface area contributed by atoms with Crippen molar-refractivity contribution in [2.45, 2.75) is 6.92 Å². The number of ether oxygens (including phenoxy) is 3. The van der Waals surface area contributed by atoms with Crippen LogP contribution in [-0.4, -0.2) is 25.0 Å². The second-order valence-corrected chi connectivity index (χ2v) is 4.98. The molecule has 0 amide bonds. The van der Waals surface area contributed by atoms with Crippen molar-refractivity contribution in [2.24, 2.45) is 0 Å². The van der Waals surface area contributed by atoms with E-state index in [0.717, 1.165) is 6.07 Å². The first kappa shape index (κ1) is 15.0. The van der Waals surface area contributed by atoms with E-state index in [2.05, 4.69) is 0 Å². The molecule has 1 heterocycles. The lowest BCUT2D eigenvalue weighted by Crippen LogP contribution is -2.12. The number of hydrogen-bond donors (Lipinski definition) is 0. The maximum absolute atomic E-state index is 13.7. The summed E-state index contributed by atoms with van der Waals surface area (Å²) >= 11 is 0. The third-order valence-corrected chi connectivity index (χ3v) is 3.38. The molecule has 23 heavy (non-hydrogen) atoms. The molecule has 0 saturated heterocycles. The number of halogens is 1. The van der Waals surface area contributed by atoms with Crippen LogP contribution in [-0.2, 0) is 0 Å². The fourth-order valence-corrected chi connectivity index (χ4v) is 2.17. The van der Waals surface area contributed by atoms with Crippen molar-refractivity contribution < 1.29 is 28.2 Å². The molecule has 1 aliphatic heterocycles. The normalized spacial score (nSPS) is 12.1. The number of rotatable bonds is 5. The third kappa shape index (κ3) is 3.15. The Morgan fingerprint density at radius 3 is 2.65 bits per heavy atom. The second-order valence-electron chi connectivity index (χ2n) is 4.98. The van der Waals surface area contributed by atoms with E-state index in [1.54, 1.807) is 18.2 Å². The fraction of sp³-hybridized carbons (Fsp3) is 0.176. The monoisotopic (exact) mass is 316 g/mol. The summed E-state index contributed by atoms with van der Waals surface area (Å²) < 4.78 is 29.3. The highest BCUT2D eigenvalue weighted by molar-refractivity contribution is 5.98. The lowest BCUT2D eigenvalue weighted by Gasteiger charge is -2.07. The van der Waals surface area contributed by atoms with Gasteiger partial charge < -0.3 is 14.2 Å². The maximum Gasteiger partial charge on any atom is 0.231 e. The quantitative estimate of drug-likeness (QED) is 0.794. The van der Waals surface area contributed by atoms with Crippen molar-refractivity contribution in [3.8, 4) is 17.2 Å². The van der Waals surface area contributed by atoms with Crippen LogP contribution in [0.5, 0.6) is 17.2 Å². The van der Waals surface area contributed by atoms with Gasteiger partial charge in [-0.25, -0.2) is 4.39 Å². The third-order valence-electron chi connectivity index (χ3n) is 3.38. The maximum atomic E-state index is 13.7. The molecule has 0 saturated carbocycles. The second kappa shape index (κ2) is 6.08. The first-order valence-corrected chi connectivity index (χ1v) is 6.91. The first-order valence-electron chi connectivity index (χ1n) is 6.91. The predicted octanol–water partition coefficient (Wildman–Crippen LogP) is 3.02. The zero-order valence-electron chi connectivity index (χ0n) is 12.3. The summed E-state index contributed by atoms with van der Waals surface area (Å²) in [6.45, 7) is 1.16. The fourth-order valence-electron chi connectivity index (χ4n) is 2.17. The number of hydrogen-bond acceptors (Lipinski definition) is 5. The van der Waals surface area contributed by atoms with Crippen molar-refractivity contribution in [3.63, 3.8) is 0 Å². The van der Waals surface area contributed by atoms with Gasteiger partial charge in [0, 0.05) is 11.6 Å². The zero-order chi connectivity index (χ0) is 16.4. The molecule has 5 nitrogen and oxygen atoms in total. The van der Waals surface area contributed by atoms with E-state index in [0.29, 0.717) is 17.1 Å². The van der Waals surface area contributed by atoms with E-state index in [-0.39, 0.29) is 36.3 Å². The van der Waals surface area contributed by atoms with Gasteiger partial charge in [-0.3, -0.25) is 9.59 Å². The molecule has 0 unspecified atom stereocenters. The Hall–Kier alpha value is -2.89. The minimum absolute atomic E-state index is 0.0144. The van der Waals surface area contributed by atoms with Gasteiger partial charge in [-0.1, -0.05) is 0 Å². The van der Waals surface area contributed by atoms with Crippen molar-refractivity contribution in [1.29, 1.82) is 0 Å². The molecule has 0 spiro atoms. The molecule has 0 aliphatic carbocycles. The molecule has 3 rings (SSSR count). The Labute approximate surface area is 131 Å². The highest BCUT2D eigenvalue weighted by Crippen LogP contribution is 2.32. The number of Topliss-reactive ketones (excluding diaryl/α,β-unsaturated/α-hetero) is 2. The van der Waals surface area contributed by atoms with E-state index in [4.69, 9.17) is 14.2 Å². The Kier molecular flexibility index (Phi) is 3.97. The standard InChI is InChI=1S/C17H13FO5/c1-10(19)13-4-3-12(7-14(13)18)21-8-15(20)11-2-5-16-17(6-11)23-9-22-16/h2-7H,8-9H2,1H3. The van der Waals surface area contributed by atoms with Crippen LogP contribution in [0.15, 0.2) is 36.4 Å². The van der Waals surface area contributed by atoms with Crippen LogP contribution in [0.2, 0.25) is 0 Å². The molecule has 0 fully saturated rings. The zero-order valence-corrected chi connectivity index (χ0v) is 12.3. The number of benzene rings is 2. The lowest BCUT2D eigenvalue weighted by atomic mass is 10.1. The largest absolute Gasteiger partial charge is 0.485 e. The van der Waals surface area contributed by atoms with Crippen molar-refractivity contribution >= 4 is 11.6 Å². The molecule has 118 valence electrons. The van der Waals surface area contributed by atoms with Gasteiger partial charge in [0.1, 0.15) is 11.6 Å². The van der Waals surface area contributed by atoms with Crippen molar-refractivity contribution in [3.05, 3.63) is 53.3 Å². The summed E-state index contributed by atoms with van der Waals surface area (Å²) in [7, 11) is 0. The van der Waals surface area contributed by atoms with Gasteiger partial charge in [-0.2, -0.15) is 0 Å². The van der Waals surface area contributed by atoms with E-state index >= 15 is 0 Å². The molecule has 0 N–H and O–H groups in total. The average molecular weight is 316 g/mol. The summed E-state index contributed by atoms with van der Waals surface area (Å²) in [5, 5.41) is 0. The molecule has 6 heteroatoms. The molecule has 0 bridgehead atoms. The Bertz CT molecular complexity index is 785. The van der Waals surface area contributed by atoms with Crippen molar-refractivity contribution in [2.75, 3.05) is 13.4 Å².